The van der Waals surface area contributed by atoms with E-state index in [4.69, 9.17) is 22.1 Å². The summed E-state index contributed by atoms with van der Waals surface area (Å²) in [6.07, 6.45) is 1.56. The third-order valence-corrected chi connectivity index (χ3v) is 5.74. The van der Waals surface area contributed by atoms with Gasteiger partial charge in [-0.05, 0) is 48.4 Å². The van der Waals surface area contributed by atoms with E-state index < -0.39 is 17.2 Å². The van der Waals surface area contributed by atoms with Gasteiger partial charge in [0.15, 0.2) is 12.3 Å². The van der Waals surface area contributed by atoms with Gasteiger partial charge in [0.05, 0.1) is 0 Å². The van der Waals surface area contributed by atoms with Crippen molar-refractivity contribution in [2.24, 2.45) is 5.92 Å². The third-order valence-electron chi connectivity index (χ3n) is 5.33. The number of carbonyl (C=O) groups is 1. The first-order chi connectivity index (χ1) is 15.5. The molecule has 0 spiro atoms. The van der Waals surface area contributed by atoms with E-state index in [1.807, 2.05) is 53.7 Å². The molecule has 9 heteroatoms. The van der Waals surface area contributed by atoms with Crippen molar-refractivity contribution in [2.45, 2.75) is 66.8 Å². The number of amides is 1. The predicted molar refractivity (Wildman–Crippen MR) is 134 cm³/mol. The zero-order chi connectivity index (χ0) is 24.9. The summed E-state index contributed by atoms with van der Waals surface area (Å²) >= 11 is 6.27. The molecule has 8 nitrogen and oxygen atoms in total. The quantitative estimate of drug-likeness (QED) is 0.534. The van der Waals surface area contributed by atoms with Crippen LogP contribution in [-0.2, 0) is 11.3 Å². The van der Waals surface area contributed by atoms with E-state index in [0.29, 0.717) is 23.7 Å². The number of aromatic nitrogens is 2. The van der Waals surface area contributed by atoms with Crippen LogP contribution >= 0.6 is 11.6 Å². The minimum Gasteiger partial charge on any atom is -0.483 e. The Labute approximate surface area is 199 Å². The zero-order valence-corrected chi connectivity index (χ0v) is 21.1. The summed E-state index contributed by atoms with van der Waals surface area (Å²) in [5.41, 5.74) is 6.67. The molecule has 0 saturated carbocycles. The van der Waals surface area contributed by atoms with Crippen molar-refractivity contribution in [3.8, 4) is 5.75 Å². The van der Waals surface area contributed by atoms with Crippen LogP contribution in [0.4, 0.5) is 11.5 Å². The van der Waals surface area contributed by atoms with Gasteiger partial charge >= 0.3 is 5.69 Å². The lowest BCUT2D eigenvalue weighted by Gasteiger charge is -2.26. The second kappa shape index (κ2) is 11.4. The standard InChI is InChI=1S/C24H35ClN4O4/c1-7-8-9-28-22(26)21(23(31)27-24(28)32)29(12-14(2)3)20(30)13-33-19-10-16(6)18(25)11-17(19)15(4)5/h10-11,14-15H,7-9,12-13,26H2,1-6H3,(H,27,31,32). The maximum absolute atomic E-state index is 13.3. The number of aromatic amines is 1. The van der Waals surface area contributed by atoms with Gasteiger partial charge in [0.25, 0.3) is 11.5 Å². The molecule has 33 heavy (non-hydrogen) atoms. The SMILES string of the molecule is CCCCn1c(N)c(N(CC(C)C)C(=O)COc2cc(C)c(Cl)cc2C(C)C)c(=O)[nH]c1=O. The van der Waals surface area contributed by atoms with Crippen molar-refractivity contribution in [3.63, 3.8) is 0 Å². The van der Waals surface area contributed by atoms with Gasteiger partial charge in [-0.2, -0.15) is 0 Å². The molecule has 0 unspecified atom stereocenters. The fraction of sp³-hybridized carbons (Fsp3) is 0.542. The largest absolute Gasteiger partial charge is 0.483 e. The number of nitrogen functional groups attached to an aromatic ring is 1. The fourth-order valence-corrected chi connectivity index (χ4v) is 3.70. The first-order valence-electron chi connectivity index (χ1n) is 11.3. The van der Waals surface area contributed by atoms with Crippen LogP contribution in [-0.4, -0.2) is 28.6 Å². The molecule has 0 aliphatic rings. The average Bonchev–Trinajstić information content (AvgIpc) is 2.72. The van der Waals surface area contributed by atoms with Crippen LogP contribution in [0.15, 0.2) is 21.7 Å². The summed E-state index contributed by atoms with van der Waals surface area (Å²) in [4.78, 5) is 41.9. The highest BCUT2D eigenvalue weighted by atomic mass is 35.5. The first-order valence-corrected chi connectivity index (χ1v) is 11.7. The molecular formula is C24H35ClN4O4. The normalized spacial score (nSPS) is 11.3. The molecule has 1 aromatic carbocycles. The molecule has 1 amide bonds. The van der Waals surface area contributed by atoms with E-state index in [1.54, 1.807) is 0 Å². The molecule has 2 rings (SSSR count). The van der Waals surface area contributed by atoms with Crippen LogP contribution in [0, 0.1) is 12.8 Å². The third kappa shape index (κ3) is 6.41. The molecule has 1 aromatic heterocycles. The van der Waals surface area contributed by atoms with Crippen LogP contribution in [0.25, 0.3) is 0 Å². The molecule has 2 aromatic rings. The first kappa shape index (κ1) is 26.5. The highest BCUT2D eigenvalue weighted by Crippen LogP contribution is 2.32. The minimum absolute atomic E-state index is 0.0172. The monoisotopic (exact) mass is 478 g/mol. The maximum Gasteiger partial charge on any atom is 0.330 e. The van der Waals surface area contributed by atoms with Gasteiger partial charge < -0.3 is 15.4 Å². The number of nitrogens with zero attached hydrogens (tertiary/aromatic N) is 2. The van der Waals surface area contributed by atoms with Crippen LogP contribution in [0.2, 0.25) is 5.02 Å². The van der Waals surface area contributed by atoms with Crippen molar-refractivity contribution >= 4 is 29.0 Å². The number of nitrogens with two attached hydrogens (primary N) is 1. The summed E-state index contributed by atoms with van der Waals surface area (Å²) in [5, 5.41) is 0.632. The number of benzene rings is 1. The highest BCUT2D eigenvalue weighted by Gasteiger charge is 2.26. The molecule has 0 atom stereocenters. The van der Waals surface area contributed by atoms with Gasteiger partial charge in [-0.1, -0.05) is 52.6 Å². The highest BCUT2D eigenvalue weighted by molar-refractivity contribution is 6.31. The number of unbranched alkanes of at least 4 members (excludes halogenated alkanes) is 1. The van der Waals surface area contributed by atoms with Crippen LogP contribution < -0.4 is 26.6 Å². The number of hydrogen-bond acceptors (Lipinski definition) is 5. The van der Waals surface area contributed by atoms with Crippen LogP contribution in [0.1, 0.15) is 64.5 Å². The lowest BCUT2D eigenvalue weighted by molar-refractivity contribution is -0.120. The summed E-state index contributed by atoms with van der Waals surface area (Å²) in [6, 6.07) is 3.66. The number of halogens is 1. The Bertz CT molecular complexity index is 1100. The summed E-state index contributed by atoms with van der Waals surface area (Å²) in [5.74, 6) is 0.313. The Morgan fingerprint density at radius 1 is 1.24 bits per heavy atom. The molecule has 0 radical (unpaired) electrons. The van der Waals surface area contributed by atoms with Gasteiger partial charge in [-0.3, -0.25) is 19.1 Å². The predicted octanol–water partition coefficient (Wildman–Crippen LogP) is 4.07. The topological polar surface area (TPSA) is 110 Å². The Hall–Kier alpha value is -2.74. The number of nitrogens with one attached hydrogen (secondary N) is 1. The number of aryl methyl sites for hydroxylation is 1. The zero-order valence-electron chi connectivity index (χ0n) is 20.3. The van der Waals surface area contributed by atoms with Crippen LogP contribution in [0.3, 0.4) is 0 Å². The Morgan fingerprint density at radius 2 is 1.91 bits per heavy atom. The van der Waals surface area contributed by atoms with E-state index in [2.05, 4.69) is 4.98 Å². The Kier molecular flexibility index (Phi) is 9.16. The van der Waals surface area contributed by atoms with E-state index in [-0.39, 0.29) is 36.5 Å². The summed E-state index contributed by atoms with van der Waals surface area (Å²) in [7, 11) is 0. The van der Waals surface area contributed by atoms with Crippen molar-refractivity contribution < 1.29 is 9.53 Å². The van der Waals surface area contributed by atoms with Gasteiger partial charge in [0.1, 0.15) is 11.6 Å². The molecule has 182 valence electrons. The van der Waals surface area contributed by atoms with Crippen LogP contribution in [0.5, 0.6) is 5.75 Å². The number of hydrogen-bond donors (Lipinski definition) is 2. The van der Waals surface area contributed by atoms with Gasteiger partial charge in [-0.15, -0.1) is 0 Å². The smallest absolute Gasteiger partial charge is 0.330 e. The van der Waals surface area contributed by atoms with Crippen molar-refractivity contribution in [3.05, 3.63) is 49.1 Å². The van der Waals surface area contributed by atoms with Gasteiger partial charge in [0.2, 0.25) is 0 Å². The number of rotatable bonds is 10. The lowest BCUT2D eigenvalue weighted by atomic mass is 10.0. The summed E-state index contributed by atoms with van der Waals surface area (Å²) in [6.45, 7) is 12.1. The number of H-pyrrole nitrogens is 1. The Morgan fingerprint density at radius 3 is 2.48 bits per heavy atom. The number of ether oxygens (including phenoxy) is 1. The molecule has 0 aliphatic carbocycles. The number of carbonyl (C=O) groups excluding carboxylic acids is 1. The van der Waals surface area contributed by atoms with Gasteiger partial charge in [0, 0.05) is 18.1 Å². The molecule has 0 fully saturated rings. The van der Waals surface area contributed by atoms with E-state index in [1.165, 1.54) is 9.47 Å². The van der Waals surface area contributed by atoms with E-state index in [9.17, 15) is 14.4 Å². The second-order valence-corrected chi connectivity index (χ2v) is 9.39. The fourth-order valence-electron chi connectivity index (χ4n) is 3.52. The maximum atomic E-state index is 13.3. The van der Waals surface area contributed by atoms with Gasteiger partial charge in [-0.25, -0.2) is 4.79 Å². The lowest BCUT2D eigenvalue weighted by Crippen LogP contribution is -2.44. The number of anilines is 2. The van der Waals surface area contributed by atoms with Crippen molar-refractivity contribution in [1.82, 2.24) is 9.55 Å². The van der Waals surface area contributed by atoms with E-state index >= 15 is 0 Å². The molecule has 1 heterocycles. The summed E-state index contributed by atoms with van der Waals surface area (Å²) < 4.78 is 7.21. The second-order valence-electron chi connectivity index (χ2n) is 8.98. The molecule has 3 N–H and O–H groups in total. The molecule has 0 aliphatic heterocycles. The van der Waals surface area contributed by atoms with Crippen molar-refractivity contribution in [2.75, 3.05) is 23.8 Å². The van der Waals surface area contributed by atoms with E-state index in [0.717, 1.165) is 17.5 Å². The minimum atomic E-state index is -0.690. The van der Waals surface area contributed by atoms with Crippen molar-refractivity contribution in [1.29, 1.82) is 0 Å². The molecular weight excluding hydrogens is 444 g/mol. The Balaban J connectivity index is 2.43. The molecule has 0 bridgehead atoms. The average molecular weight is 479 g/mol. The molecule has 0 saturated heterocycles.